The van der Waals surface area contributed by atoms with Gasteiger partial charge in [-0.1, -0.05) is 0 Å². The summed E-state index contributed by atoms with van der Waals surface area (Å²) in [7, 11) is 0. The van der Waals surface area contributed by atoms with Gasteiger partial charge < -0.3 is 15.2 Å². The summed E-state index contributed by atoms with van der Waals surface area (Å²) >= 11 is 1.49. The van der Waals surface area contributed by atoms with Gasteiger partial charge in [-0.15, -0.1) is 11.8 Å². The maximum atomic E-state index is 3.78. The fourth-order valence-corrected chi connectivity index (χ4v) is 0.551. The van der Waals surface area contributed by atoms with Crippen LogP contribution >= 0.6 is 11.8 Å². The van der Waals surface area contributed by atoms with Gasteiger partial charge in [0.15, 0.2) is 0 Å². The molecule has 0 radical (unpaired) electrons. The normalized spacial score (nSPS) is 8.12. The molecule has 0 atom stereocenters. The molecule has 0 N–H and O–H groups in total. The molecule has 5 heteroatoms. The molecule has 0 saturated carbocycles. The molecule has 3 nitrogen and oxygen atoms in total. The fourth-order valence-electron chi connectivity index (χ4n) is 0.270. The monoisotopic (exact) mass is 153 g/mol. The Labute approximate surface area is 94.5 Å². The van der Waals surface area contributed by atoms with E-state index in [0.717, 1.165) is 5.16 Å². The van der Waals surface area contributed by atoms with Crippen molar-refractivity contribution >= 4 is 11.8 Å². The molecule has 0 saturated heterocycles. The van der Waals surface area contributed by atoms with Crippen LogP contribution in [-0.2, 0) is 0 Å². The van der Waals surface area contributed by atoms with Gasteiger partial charge in [-0.3, -0.25) is 0 Å². The summed E-state index contributed by atoms with van der Waals surface area (Å²) < 4.78 is 0. The van der Waals surface area contributed by atoms with Gasteiger partial charge in [0.2, 0.25) is 0 Å². The summed E-state index contributed by atoms with van der Waals surface area (Å²) in [5, 5.41) is 7.88. The fraction of sp³-hybridized carbons (Fsp3) is 0.333. The molecule has 38 valence electrons. The van der Waals surface area contributed by atoms with E-state index >= 15 is 0 Å². The van der Waals surface area contributed by atoms with E-state index in [9.17, 15) is 0 Å². The average molecular weight is 153 g/mol. The zero-order valence-electron chi connectivity index (χ0n) is 4.83. The maximum Gasteiger partial charge on any atom is 1.00 e. The first kappa shape index (κ1) is 9.13. The molecule has 0 aromatic carbocycles. The van der Waals surface area contributed by atoms with Gasteiger partial charge in [-0.25, -0.2) is 0 Å². The quantitative estimate of drug-likeness (QED) is 0.322. The Morgan fingerprint density at radius 1 is 1.75 bits per heavy atom. The van der Waals surface area contributed by atoms with Gasteiger partial charge in [0.25, 0.3) is 0 Å². The Morgan fingerprint density at radius 3 is 2.75 bits per heavy atom. The Balaban J connectivity index is 0.000000490. The van der Waals surface area contributed by atoms with Crippen molar-refractivity contribution in [1.29, 1.82) is 0 Å². The summed E-state index contributed by atoms with van der Waals surface area (Å²) in [6.45, 7) is 0. The molecule has 0 aliphatic carbocycles. The van der Waals surface area contributed by atoms with E-state index in [-0.39, 0.29) is 51.4 Å². The van der Waals surface area contributed by atoms with Crippen molar-refractivity contribution in [2.24, 2.45) is 0 Å². The minimum Gasteiger partial charge on any atom is -0.360 e. The minimum absolute atomic E-state index is 0. The number of hydrogen-bond acceptors (Lipinski definition) is 3. The molecule has 8 heavy (non-hydrogen) atoms. The van der Waals surface area contributed by atoms with Crippen molar-refractivity contribution in [1.82, 2.24) is 15.2 Å². The standard InChI is InChI=1S/C3H4N3S.K/c1-7-3-4-2-5-6-3;/h2H,1H3;/q-1;+1. The first-order chi connectivity index (χ1) is 3.43. The second kappa shape index (κ2) is 4.95. The summed E-state index contributed by atoms with van der Waals surface area (Å²) in [6, 6.07) is 0. The predicted octanol–water partition coefficient (Wildman–Crippen LogP) is -2.84. The van der Waals surface area contributed by atoms with Crippen LogP contribution in [0.15, 0.2) is 11.5 Å². The van der Waals surface area contributed by atoms with Crippen molar-refractivity contribution in [2.75, 3.05) is 6.26 Å². The average Bonchev–Trinajstić information content (AvgIpc) is 2.14. The molecular formula is C3H4KN3S. The molecule has 0 bridgehead atoms. The number of rotatable bonds is 1. The molecule has 0 unspecified atom stereocenters. The second-order valence-electron chi connectivity index (χ2n) is 0.947. The molecule has 1 aromatic rings. The molecule has 0 aliphatic rings. The molecule has 0 aliphatic heterocycles. The van der Waals surface area contributed by atoms with Crippen LogP contribution in [0.4, 0.5) is 0 Å². The van der Waals surface area contributed by atoms with E-state index in [1.807, 2.05) is 6.26 Å². The predicted molar refractivity (Wildman–Crippen MR) is 27.1 cm³/mol. The van der Waals surface area contributed by atoms with Gasteiger partial charge in [-0.2, -0.15) is 0 Å². The van der Waals surface area contributed by atoms with E-state index in [1.54, 1.807) is 0 Å². The molecule has 1 aromatic heterocycles. The van der Waals surface area contributed by atoms with Crippen molar-refractivity contribution in [3.63, 3.8) is 0 Å². The van der Waals surface area contributed by atoms with Crippen LogP contribution in [0.1, 0.15) is 0 Å². The molecular weight excluding hydrogens is 149 g/mol. The number of hydrogen-bond donors (Lipinski definition) is 0. The van der Waals surface area contributed by atoms with Gasteiger partial charge in [0.05, 0.1) is 0 Å². The van der Waals surface area contributed by atoms with Crippen LogP contribution in [0.2, 0.25) is 0 Å². The Kier molecular flexibility index (Phi) is 5.65. The van der Waals surface area contributed by atoms with Crippen molar-refractivity contribution in [3.8, 4) is 0 Å². The van der Waals surface area contributed by atoms with Gasteiger partial charge in [0, 0.05) is 5.16 Å². The SMILES string of the molecule is CSc1nnc[n-]1.[K+]. The van der Waals surface area contributed by atoms with E-state index in [1.165, 1.54) is 18.1 Å². The summed E-state index contributed by atoms with van der Waals surface area (Å²) in [5.74, 6) is 0. The molecule has 1 heterocycles. The van der Waals surface area contributed by atoms with Crippen molar-refractivity contribution in [3.05, 3.63) is 6.33 Å². The third kappa shape index (κ3) is 2.61. The van der Waals surface area contributed by atoms with Crippen LogP contribution in [0.5, 0.6) is 0 Å². The van der Waals surface area contributed by atoms with E-state index in [0.29, 0.717) is 0 Å². The Bertz CT molecular complexity index is 129. The third-order valence-electron chi connectivity index (χ3n) is 0.546. The topological polar surface area (TPSA) is 39.9 Å². The van der Waals surface area contributed by atoms with E-state index < -0.39 is 0 Å². The van der Waals surface area contributed by atoms with Crippen LogP contribution in [0.25, 0.3) is 0 Å². The third-order valence-corrected chi connectivity index (χ3v) is 1.10. The molecule has 0 amide bonds. The van der Waals surface area contributed by atoms with Crippen LogP contribution in [0.3, 0.4) is 0 Å². The molecule has 0 fully saturated rings. The minimum atomic E-state index is 0. The van der Waals surface area contributed by atoms with Crippen molar-refractivity contribution < 1.29 is 51.4 Å². The van der Waals surface area contributed by atoms with E-state index in [4.69, 9.17) is 0 Å². The molecule has 0 spiro atoms. The second-order valence-corrected chi connectivity index (χ2v) is 1.72. The van der Waals surface area contributed by atoms with Gasteiger partial charge in [-0.05, 0) is 12.6 Å². The Morgan fingerprint density at radius 2 is 2.50 bits per heavy atom. The maximum absolute atomic E-state index is 3.78. The smallest absolute Gasteiger partial charge is 0.360 e. The largest absolute Gasteiger partial charge is 1.00 e. The van der Waals surface area contributed by atoms with Gasteiger partial charge >= 0.3 is 51.4 Å². The molecule has 1 rings (SSSR count). The van der Waals surface area contributed by atoms with Crippen LogP contribution < -0.4 is 56.4 Å². The number of nitrogens with zero attached hydrogens (tertiary/aromatic N) is 3. The van der Waals surface area contributed by atoms with Crippen LogP contribution in [-0.4, -0.2) is 16.5 Å². The zero-order valence-corrected chi connectivity index (χ0v) is 8.77. The zero-order chi connectivity index (χ0) is 5.11. The number of aromatic nitrogens is 3. The first-order valence-electron chi connectivity index (χ1n) is 1.78. The van der Waals surface area contributed by atoms with Crippen LogP contribution in [0, 0.1) is 0 Å². The Hall–Kier alpha value is 1.13. The summed E-state index contributed by atoms with van der Waals surface area (Å²) in [6.07, 6.45) is 3.35. The van der Waals surface area contributed by atoms with Crippen molar-refractivity contribution in [2.45, 2.75) is 5.16 Å². The van der Waals surface area contributed by atoms with Gasteiger partial charge in [0.1, 0.15) is 0 Å². The summed E-state index contributed by atoms with van der Waals surface area (Å²) in [4.78, 5) is 3.78. The summed E-state index contributed by atoms with van der Waals surface area (Å²) in [5.41, 5.74) is 0. The van der Waals surface area contributed by atoms with E-state index in [2.05, 4.69) is 15.2 Å². The number of thioether (sulfide) groups is 1. The first-order valence-corrected chi connectivity index (χ1v) is 3.00.